The molecule has 1 aromatic heterocycles. The van der Waals surface area contributed by atoms with Crippen molar-refractivity contribution in [3.8, 4) is 0 Å². The van der Waals surface area contributed by atoms with Crippen LogP contribution in [0.4, 0.5) is 5.69 Å². The molecule has 3 rings (SSSR count). The Morgan fingerprint density at radius 1 is 1.30 bits per heavy atom. The number of aromatic amines is 1. The number of benzene rings is 2. The summed E-state index contributed by atoms with van der Waals surface area (Å²) in [7, 11) is 0. The zero-order valence-corrected chi connectivity index (χ0v) is 15.4. The van der Waals surface area contributed by atoms with Crippen LogP contribution in [0.2, 0.25) is 0 Å². The summed E-state index contributed by atoms with van der Waals surface area (Å²) in [6, 6.07) is 13.9. The van der Waals surface area contributed by atoms with E-state index in [1.165, 1.54) is 30.1 Å². The standard InChI is InChI=1S/C18H17N5O3S/c1-2-22-16-6-4-3-5-15(16)20-18(22)27-12-17(24)21-19-11-13-7-9-14(10-8-13)23(25)26/h3-11H,2,12H2,1H3,(H,21,24)/p+1. The highest BCUT2D eigenvalue weighted by atomic mass is 32.2. The number of aromatic nitrogens is 2. The lowest BCUT2D eigenvalue weighted by Crippen LogP contribution is -2.34. The van der Waals surface area contributed by atoms with Crippen LogP contribution in [-0.2, 0) is 11.3 Å². The van der Waals surface area contributed by atoms with Crippen molar-refractivity contribution in [2.45, 2.75) is 18.6 Å². The molecule has 27 heavy (non-hydrogen) atoms. The Morgan fingerprint density at radius 2 is 2.04 bits per heavy atom. The van der Waals surface area contributed by atoms with Crippen molar-refractivity contribution in [2.75, 3.05) is 5.75 Å². The summed E-state index contributed by atoms with van der Waals surface area (Å²) < 4.78 is 2.12. The highest BCUT2D eigenvalue weighted by molar-refractivity contribution is 7.99. The molecule has 2 aromatic carbocycles. The van der Waals surface area contributed by atoms with Crippen LogP contribution >= 0.6 is 11.8 Å². The van der Waals surface area contributed by atoms with E-state index in [4.69, 9.17) is 0 Å². The van der Waals surface area contributed by atoms with Crippen LogP contribution in [0.3, 0.4) is 0 Å². The lowest BCUT2D eigenvalue weighted by Gasteiger charge is -1.99. The molecule has 0 saturated heterocycles. The van der Waals surface area contributed by atoms with Gasteiger partial charge in [-0.3, -0.25) is 14.9 Å². The van der Waals surface area contributed by atoms with E-state index in [1.807, 2.05) is 24.3 Å². The molecule has 0 radical (unpaired) electrons. The van der Waals surface area contributed by atoms with Gasteiger partial charge in [0.2, 0.25) is 0 Å². The van der Waals surface area contributed by atoms with Crippen molar-refractivity contribution in [2.24, 2.45) is 5.10 Å². The van der Waals surface area contributed by atoms with E-state index in [-0.39, 0.29) is 17.3 Å². The van der Waals surface area contributed by atoms with Crippen molar-refractivity contribution < 1.29 is 14.3 Å². The zero-order chi connectivity index (χ0) is 19.2. The number of nitrogens with zero attached hydrogens (tertiary/aromatic N) is 3. The summed E-state index contributed by atoms with van der Waals surface area (Å²) in [6.45, 7) is 2.85. The first kappa shape index (κ1) is 18.6. The fourth-order valence-electron chi connectivity index (χ4n) is 2.56. The lowest BCUT2D eigenvalue weighted by atomic mass is 10.2. The van der Waals surface area contributed by atoms with Crippen LogP contribution in [-0.4, -0.2) is 27.8 Å². The number of carbonyl (C=O) groups is 1. The lowest BCUT2D eigenvalue weighted by molar-refractivity contribution is -0.705. The number of hydrogen-bond acceptors (Lipinski definition) is 5. The molecule has 0 bridgehead atoms. The first-order chi connectivity index (χ1) is 13.1. The Hall–Kier alpha value is -3.20. The topological polar surface area (TPSA) is 104 Å². The number of imidazole rings is 1. The molecule has 0 atom stereocenters. The number of hydrazone groups is 1. The number of hydrogen-bond donors (Lipinski definition) is 2. The van der Waals surface area contributed by atoms with Crippen LogP contribution in [0.5, 0.6) is 0 Å². The SMILES string of the molecule is CC[n+]1c(SCC(=O)NN=Cc2ccc([N+](=O)[O-])cc2)[nH]c2ccccc21. The van der Waals surface area contributed by atoms with E-state index in [9.17, 15) is 14.9 Å². The van der Waals surface area contributed by atoms with Gasteiger partial charge in [-0.25, -0.2) is 15.0 Å². The summed E-state index contributed by atoms with van der Waals surface area (Å²) in [5.74, 6) is -0.0239. The molecule has 0 aliphatic rings. The summed E-state index contributed by atoms with van der Waals surface area (Å²) in [5.41, 5.74) is 5.25. The summed E-state index contributed by atoms with van der Waals surface area (Å²) in [6.07, 6.45) is 1.45. The molecule has 0 fully saturated rings. The van der Waals surface area contributed by atoms with E-state index in [0.29, 0.717) is 5.56 Å². The minimum atomic E-state index is -0.466. The Bertz CT molecular complexity index is 998. The second kappa shape index (κ2) is 8.45. The molecule has 9 heteroatoms. The second-order valence-electron chi connectivity index (χ2n) is 5.62. The van der Waals surface area contributed by atoms with E-state index in [2.05, 4.69) is 27.0 Å². The molecule has 8 nitrogen and oxygen atoms in total. The average molecular weight is 384 g/mol. The van der Waals surface area contributed by atoms with Crippen LogP contribution in [0.25, 0.3) is 11.0 Å². The third-order valence-electron chi connectivity index (χ3n) is 3.84. The molecule has 0 spiro atoms. The van der Waals surface area contributed by atoms with Crippen molar-refractivity contribution in [3.63, 3.8) is 0 Å². The Morgan fingerprint density at radius 3 is 2.74 bits per heavy atom. The van der Waals surface area contributed by atoms with Gasteiger partial charge in [-0.05, 0) is 48.5 Å². The van der Waals surface area contributed by atoms with Crippen molar-refractivity contribution >= 4 is 40.6 Å². The van der Waals surface area contributed by atoms with E-state index in [0.717, 1.165) is 22.7 Å². The minimum Gasteiger partial charge on any atom is -0.272 e. The van der Waals surface area contributed by atoms with Gasteiger partial charge < -0.3 is 0 Å². The fourth-order valence-corrected chi connectivity index (χ4v) is 3.46. The predicted octanol–water partition coefficient (Wildman–Crippen LogP) is 2.63. The quantitative estimate of drug-likeness (QED) is 0.215. The number of non-ortho nitro benzene ring substituents is 1. The van der Waals surface area contributed by atoms with Gasteiger partial charge in [-0.1, -0.05) is 12.1 Å². The number of nitrogens with one attached hydrogen (secondary N) is 2. The molecule has 1 amide bonds. The Labute approximate surface area is 159 Å². The third kappa shape index (κ3) is 4.50. The van der Waals surface area contributed by atoms with Gasteiger partial charge in [0.1, 0.15) is 0 Å². The van der Waals surface area contributed by atoms with Crippen molar-refractivity contribution in [3.05, 3.63) is 64.2 Å². The highest BCUT2D eigenvalue weighted by Crippen LogP contribution is 2.17. The smallest absolute Gasteiger partial charge is 0.272 e. The van der Waals surface area contributed by atoms with Crippen LogP contribution < -0.4 is 9.99 Å². The summed E-state index contributed by atoms with van der Waals surface area (Å²) >= 11 is 1.40. The number of aryl methyl sites for hydroxylation is 1. The molecule has 0 unspecified atom stereocenters. The number of rotatable bonds is 7. The maximum atomic E-state index is 12.0. The van der Waals surface area contributed by atoms with E-state index in [1.54, 1.807) is 12.1 Å². The number of para-hydroxylation sites is 2. The largest absolute Gasteiger partial charge is 0.317 e. The first-order valence-electron chi connectivity index (χ1n) is 8.28. The molecular formula is C18H18N5O3S+. The average Bonchev–Trinajstić information content (AvgIpc) is 3.04. The summed E-state index contributed by atoms with van der Waals surface area (Å²) in [5, 5.41) is 15.4. The predicted molar refractivity (Wildman–Crippen MR) is 104 cm³/mol. The van der Waals surface area contributed by atoms with E-state index < -0.39 is 4.92 Å². The van der Waals surface area contributed by atoms with Gasteiger partial charge in [0.25, 0.3) is 11.6 Å². The normalized spacial score (nSPS) is 11.1. The molecule has 0 aliphatic carbocycles. The third-order valence-corrected chi connectivity index (χ3v) is 4.85. The molecule has 1 heterocycles. The zero-order valence-electron chi connectivity index (χ0n) is 14.6. The number of thioether (sulfide) groups is 1. The minimum absolute atomic E-state index is 0.00940. The number of H-pyrrole nitrogens is 1. The Kier molecular flexibility index (Phi) is 5.82. The van der Waals surface area contributed by atoms with Crippen LogP contribution in [0.1, 0.15) is 12.5 Å². The maximum Gasteiger partial charge on any atom is 0.317 e. The molecule has 0 aliphatic heterocycles. The highest BCUT2D eigenvalue weighted by Gasteiger charge is 2.18. The first-order valence-corrected chi connectivity index (χ1v) is 9.26. The van der Waals surface area contributed by atoms with Crippen LogP contribution in [0.15, 0.2) is 58.8 Å². The molecule has 0 saturated carbocycles. The van der Waals surface area contributed by atoms with Crippen molar-refractivity contribution in [1.29, 1.82) is 0 Å². The monoisotopic (exact) mass is 384 g/mol. The van der Waals surface area contributed by atoms with Crippen LogP contribution in [0, 0.1) is 10.1 Å². The maximum absolute atomic E-state index is 12.0. The van der Waals surface area contributed by atoms with Crippen molar-refractivity contribution in [1.82, 2.24) is 10.4 Å². The number of amides is 1. The second-order valence-corrected chi connectivity index (χ2v) is 6.59. The van der Waals surface area contributed by atoms with Gasteiger partial charge in [0, 0.05) is 12.1 Å². The number of nitro groups is 1. The van der Waals surface area contributed by atoms with Gasteiger partial charge in [-0.15, -0.1) is 0 Å². The molecule has 2 N–H and O–H groups in total. The number of fused-ring (bicyclic) bond motifs is 1. The van der Waals surface area contributed by atoms with E-state index >= 15 is 0 Å². The fraction of sp³-hybridized carbons (Fsp3) is 0.167. The summed E-state index contributed by atoms with van der Waals surface area (Å²) in [4.78, 5) is 25.5. The molecular weight excluding hydrogens is 366 g/mol. The van der Waals surface area contributed by atoms with Gasteiger partial charge in [0.15, 0.2) is 11.0 Å². The molecule has 3 aromatic rings. The number of carbonyl (C=O) groups excluding carboxylic acids is 1. The number of nitro benzene ring substituents is 1. The molecule has 138 valence electrons. The van der Waals surface area contributed by atoms with Gasteiger partial charge >= 0.3 is 5.16 Å². The van der Waals surface area contributed by atoms with Gasteiger partial charge in [-0.2, -0.15) is 5.10 Å². The van der Waals surface area contributed by atoms with Gasteiger partial charge in [0.05, 0.1) is 23.4 Å². The Balaban J connectivity index is 1.56.